The maximum atomic E-state index is 10.9. The molecule has 0 saturated carbocycles. The zero-order valence-electron chi connectivity index (χ0n) is 9.75. The van der Waals surface area contributed by atoms with Gasteiger partial charge in [0.05, 0.1) is 6.61 Å². The molecule has 0 N–H and O–H groups in total. The van der Waals surface area contributed by atoms with Crippen molar-refractivity contribution in [1.82, 2.24) is 0 Å². The summed E-state index contributed by atoms with van der Waals surface area (Å²) in [6, 6.07) is 7.61. The van der Waals surface area contributed by atoms with Crippen molar-refractivity contribution in [1.29, 1.82) is 0 Å². The van der Waals surface area contributed by atoms with Crippen molar-refractivity contribution in [3.8, 4) is 17.6 Å². The van der Waals surface area contributed by atoms with Crippen molar-refractivity contribution in [3.05, 3.63) is 29.8 Å². The molecule has 0 aliphatic rings. The average Bonchev–Trinajstić information content (AvgIpc) is 2.26. The molecule has 0 atom stereocenters. The molecule has 16 heavy (non-hydrogen) atoms. The summed E-state index contributed by atoms with van der Waals surface area (Å²) in [5.74, 6) is 6.75. The molecular formula is C14H16O2. The van der Waals surface area contributed by atoms with E-state index in [1.165, 1.54) is 0 Å². The highest BCUT2D eigenvalue weighted by atomic mass is 16.5. The van der Waals surface area contributed by atoms with Gasteiger partial charge in [-0.05, 0) is 31.5 Å². The summed E-state index contributed by atoms with van der Waals surface area (Å²) >= 11 is 0. The lowest BCUT2D eigenvalue weighted by atomic mass is 10.1. The summed E-state index contributed by atoms with van der Waals surface area (Å²) < 4.78 is 5.48. The minimum atomic E-state index is 0.173. The number of ether oxygens (including phenoxy) is 1. The summed E-state index contributed by atoms with van der Waals surface area (Å²) in [6.45, 7) is 4.01. The maximum Gasteiger partial charge on any atom is 0.134 e. The fourth-order valence-corrected chi connectivity index (χ4v) is 1.34. The molecule has 0 unspecified atom stereocenters. The van der Waals surface area contributed by atoms with Gasteiger partial charge in [-0.1, -0.05) is 12.1 Å². The average molecular weight is 216 g/mol. The Labute approximate surface area is 96.6 Å². The Kier molecular flexibility index (Phi) is 5.15. The van der Waals surface area contributed by atoms with Crippen LogP contribution in [0.1, 0.15) is 25.8 Å². The van der Waals surface area contributed by atoms with E-state index in [1.54, 1.807) is 6.92 Å². The molecule has 2 nitrogen and oxygen atoms in total. The molecule has 0 spiro atoms. The molecule has 0 heterocycles. The molecule has 2 heteroatoms. The second kappa shape index (κ2) is 6.68. The molecule has 1 aromatic carbocycles. The van der Waals surface area contributed by atoms with Gasteiger partial charge in [0.25, 0.3) is 0 Å². The number of benzene rings is 1. The van der Waals surface area contributed by atoms with Gasteiger partial charge in [0.15, 0.2) is 0 Å². The van der Waals surface area contributed by atoms with E-state index in [4.69, 9.17) is 4.74 Å². The molecule has 0 aromatic heterocycles. The standard InChI is InChI=1S/C14H16O2/c1-3-4-5-10-16-14-8-6-13(7-9-14)11-12(2)15/h6-9H,5,10-11H2,1-2H3. The number of hydrogen-bond acceptors (Lipinski definition) is 2. The second-order valence-corrected chi connectivity index (χ2v) is 3.55. The summed E-state index contributed by atoms with van der Waals surface area (Å²) in [5.41, 5.74) is 1.02. The molecule has 0 fully saturated rings. The topological polar surface area (TPSA) is 26.3 Å². The quantitative estimate of drug-likeness (QED) is 0.558. The smallest absolute Gasteiger partial charge is 0.134 e. The first-order valence-electron chi connectivity index (χ1n) is 5.33. The van der Waals surface area contributed by atoms with E-state index < -0.39 is 0 Å². The molecule has 0 bridgehead atoms. The minimum Gasteiger partial charge on any atom is -0.493 e. The largest absolute Gasteiger partial charge is 0.493 e. The van der Waals surface area contributed by atoms with E-state index >= 15 is 0 Å². The van der Waals surface area contributed by atoms with Crippen LogP contribution in [-0.2, 0) is 11.2 Å². The van der Waals surface area contributed by atoms with E-state index in [-0.39, 0.29) is 5.78 Å². The van der Waals surface area contributed by atoms with Gasteiger partial charge in [-0.3, -0.25) is 4.79 Å². The fourth-order valence-electron chi connectivity index (χ4n) is 1.34. The molecule has 0 aliphatic heterocycles. The van der Waals surface area contributed by atoms with Crippen molar-refractivity contribution in [2.24, 2.45) is 0 Å². The van der Waals surface area contributed by atoms with Crippen LogP contribution in [0.2, 0.25) is 0 Å². The van der Waals surface area contributed by atoms with Crippen molar-refractivity contribution < 1.29 is 9.53 Å². The van der Waals surface area contributed by atoms with Crippen LogP contribution in [0, 0.1) is 11.8 Å². The molecule has 1 aromatic rings. The third-order valence-electron chi connectivity index (χ3n) is 2.05. The number of Topliss-reactive ketones (excluding diaryl/α,β-unsaturated/α-hetero) is 1. The number of hydrogen-bond donors (Lipinski definition) is 0. The third-order valence-corrected chi connectivity index (χ3v) is 2.05. The van der Waals surface area contributed by atoms with E-state index in [0.29, 0.717) is 13.0 Å². The van der Waals surface area contributed by atoms with Gasteiger partial charge in [-0.2, -0.15) is 0 Å². The molecule has 0 saturated heterocycles. The van der Waals surface area contributed by atoms with Gasteiger partial charge in [0, 0.05) is 12.8 Å². The van der Waals surface area contributed by atoms with Crippen LogP contribution in [-0.4, -0.2) is 12.4 Å². The minimum absolute atomic E-state index is 0.173. The Balaban J connectivity index is 2.43. The highest BCUT2D eigenvalue weighted by Gasteiger charge is 1.98. The van der Waals surface area contributed by atoms with Gasteiger partial charge in [0.1, 0.15) is 11.5 Å². The van der Waals surface area contributed by atoms with Gasteiger partial charge in [-0.25, -0.2) is 0 Å². The summed E-state index contributed by atoms with van der Waals surface area (Å²) in [4.78, 5) is 10.9. The Morgan fingerprint density at radius 3 is 2.56 bits per heavy atom. The zero-order valence-corrected chi connectivity index (χ0v) is 9.75. The van der Waals surface area contributed by atoms with E-state index in [2.05, 4.69) is 11.8 Å². The lowest BCUT2D eigenvalue weighted by Crippen LogP contribution is -1.98. The van der Waals surface area contributed by atoms with Crippen LogP contribution in [0.3, 0.4) is 0 Å². The van der Waals surface area contributed by atoms with Crippen LogP contribution >= 0.6 is 0 Å². The highest BCUT2D eigenvalue weighted by molar-refractivity contribution is 5.78. The number of ketones is 1. The Bertz CT molecular complexity index is 393. The molecule has 1 rings (SSSR count). The Hall–Kier alpha value is -1.75. The van der Waals surface area contributed by atoms with Gasteiger partial charge >= 0.3 is 0 Å². The Morgan fingerprint density at radius 1 is 1.31 bits per heavy atom. The van der Waals surface area contributed by atoms with Crippen molar-refractivity contribution in [2.45, 2.75) is 26.7 Å². The molecule has 0 amide bonds. The van der Waals surface area contributed by atoms with Crippen LogP contribution < -0.4 is 4.74 Å². The first-order chi connectivity index (χ1) is 7.72. The predicted octanol–water partition coefficient (Wildman–Crippen LogP) is 2.61. The SMILES string of the molecule is CC#CCCOc1ccc(CC(C)=O)cc1. The van der Waals surface area contributed by atoms with Crippen LogP contribution in [0.5, 0.6) is 5.75 Å². The first-order valence-corrected chi connectivity index (χ1v) is 5.33. The van der Waals surface area contributed by atoms with Crippen LogP contribution in [0.15, 0.2) is 24.3 Å². The van der Waals surface area contributed by atoms with E-state index in [1.807, 2.05) is 31.2 Å². The molecule has 84 valence electrons. The summed E-state index contributed by atoms with van der Waals surface area (Å²) in [7, 11) is 0. The Morgan fingerprint density at radius 2 is 2.00 bits per heavy atom. The lowest BCUT2D eigenvalue weighted by Gasteiger charge is -2.04. The fraction of sp³-hybridized carbons (Fsp3) is 0.357. The normalized spacial score (nSPS) is 9.12. The monoisotopic (exact) mass is 216 g/mol. The lowest BCUT2D eigenvalue weighted by molar-refractivity contribution is -0.116. The van der Waals surface area contributed by atoms with Crippen molar-refractivity contribution in [3.63, 3.8) is 0 Å². The highest BCUT2D eigenvalue weighted by Crippen LogP contribution is 2.12. The third kappa shape index (κ3) is 4.65. The molecule has 0 aliphatic carbocycles. The second-order valence-electron chi connectivity index (χ2n) is 3.55. The van der Waals surface area contributed by atoms with Crippen LogP contribution in [0.4, 0.5) is 0 Å². The molecular weight excluding hydrogens is 200 g/mol. The van der Waals surface area contributed by atoms with Gasteiger partial charge < -0.3 is 4.74 Å². The van der Waals surface area contributed by atoms with Gasteiger partial charge in [-0.15, -0.1) is 11.8 Å². The van der Waals surface area contributed by atoms with Crippen molar-refractivity contribution in [2.75, 3.05) is 6.61 Å². The number of carbonyl (C=O) groups excluding carboxylic acids is 1. The van der Waals surface area contributed by atoms with Crippen molar-refractivity contribution >= 4 is 5.78 Å². The van der Waals surface area contributed by atoms with Crippen LogP contribution in [0.25, 0.3) is 0 Å². The summed E-state index contributed by atoms with van der Waals surface area (Å²) in [6.07, 6.45) is 1.23. The van der Waals surface area contributed by atoms with Gasteiger partial charge in [0.2, 0.25) is 0 Å². The zero-order chi connectivity index (χ0) is 11.8. The predicted molar refractivity (Wildman–Crippen MR) is 64.4 cm³/mol. The van der Waals surface area contributed by atoms with E-state index in [9.17, 15) is 4.79 Å². The van der Waals surface area contributed by atoms with E-state index in [0.717, 1.165) is 17.7 Å². The number of rotatable bonds is 5. The first kappa shape index (κ1) is 12.3. The number of carbonyl (C=O) groups is 1. The molecule has 0 radical (unpaired) electrons. The summed E-state index contributed by atoms with van der Waals surface area (Å²) in [5, 5.41) is 0. The maximum absolute atomic E-state index is 10.9.